The summed E-state index contributed by atoms with van der Waals surface area (Å²) in [6.45, 7) is 0.772. The van der Waals surface area contributed by atoms with Gasteiger partial charge in [0.1, 0.15) is 5.75 Å². The van der Waals surface area contributed by atoms with Crippen molar-refractivity contribution in [1.82, 2.24) is 0 Å². The topological polar surface area (TPSA) is 35.2 Å². The number of hydrogen-bond donors (Lipinski definition) is 1. The molecule has 2 aromatic rings. The van der Waals surface area contributed by atoms with Gasteiger partial charge in [-0.25, -0.2) is 0 Å². The number of hydrogen-bond acceptors (Lipinski definition) is 2. The third-order valence-electron chi connectivity index (χ3n) is 4.66. The van der Waals surface area contributed by atoms with Gasteiger partial charge < -0.3 is 10.5 Å². The minimum absolute atomic E-state index is 0.116. The van der Waals surface area contributed by atoms with Crippen LogP contribution < -0.4 is 10.5 Å². The molecule has 0 aromatic heterocycles. The van der Waals surface area contributed by atoms with Crippen LogP contribution in [0.1, 0.15) is 29.0 Å². The molecule has 0 saturated carbocycles. The predicted molar refractivity (Wildman–Crippen MR) is 80.1 cm³/mol. The van der Waals surface area contributed by atoms with E-state index in [-0.39, 0.29) is 5.54 Å². The molecule has 0 spiro atoms. The third kappa shape index (κ3) is 1.92. The molecule has 2 N–H and O–H groups in total. The maximum absolute atomic E-state index is 6.69. The normalized spacial score (nSPS) is 22.1. The molecule has 1 atom stereocenters. The van der Waals surface area contributed by atoms with E-state index >= 15 is 0 Å². The van der Waals surface area contributed by atoms with E-state index in [1.807, 2.05) is 6.07 Å². The Kier molecular flexibility index (Phi) is 2.61. The molecular weight excluding hydrogens is 246 g/mol. The summed E-state index contributed by atoms with van der Waals surface area (Å²) in [6, 6.07) is 17.0. The second kappa shape index (κ2) is 4.35. The molecule has 4 rings (SSSR count). The van der Waals surface area contributed by atoms with Crippen LogP contribution in [0, 0.1) is 0 Å². The summed E-state index contributed by atoms with van der Waals surface area (Å²) in [5.41, 5.74) is 10.7. The van der Waals surface area contributed by atoms with Gasteiger partial charge >= 0.3 is 0 Å². The highest BCUT2D eigenvalue weighted by Gasteiger charge is 2.38. The second-order valence-corrected chi connectivity index (χ2v) is 6.23. The van der Waals surface area contributed by atoms with Gasteiger partial charge in [0.15, 0.2) is 0 Å². The molecule has 1 unspecified atom stereocenters. The molecule has 0 bridgehead atoms. The first-order chi connectivity index (χ1) is 9.73. The summed E-state index contributed by atoms with van der Waals surface area (Å²) < 4.78 is 5.79. The number of benzene rings is 2. The molecule has 2 nitrogen and oxygen atoms in total. The Morgan fingerprint density at radius 1 is 1.00 bits per heavy atom. The van der Waals surface area contributed by atoms with E-state index in [9.17, 15) is 0 Å². The number of ether oxygens (including phenoxy) is 1. The Hall–Kier alpha value is -1.80. The maximum atomic E-state index is 6.69. The summed E-state index contributed by atoms with van der Waals surface area (Å²) >= 11 is 0. The van der Waals surface area contributed by atoms with Gasteiger partial charge in [-0.05, 0) is 36.5 Å². The van der Waals surface area contributed by atoms with Gasteiger partial charge in [0.05, 0.1) is 6.61 Å². The summed E-state index contributed by atoms with van der Waals surface area (Å²) in [6.07, 6.45) is 2.97. The summed E-state index contributed by atoms with van der Waals surface area (Å²) in [5, 5.41) is 0. The van der Waals surface area contributed by atoms with Crippen molar-refractivity contribution in [2.75, 3.05) is 6.61 Å². The van der Waals surface area contributed by atoms with E-state index in [1.165, 1.54) is 16.7 Å². The van der Waals surface area contributed by atoms with Crippen molar-refractivity contribution in [1.29, 1.82) is 0 Å². The van der Waals surface area contributed by atoms with Crippen LogP contribution in [0.5, 0.6) is 5.75 Å². The SMILES string of the molecule is NC1(CC2COc3ccccc32)Cc2ccccc2C1. The smallest absolute Gasteiger partial charge is 0.122 e. The zero-order valence-electron chi connectivity index (χ0n) is 11.5. The van der Waals surface area contributed by atoms with Crippen LogP contribution in [0.3, 0.4) is 0 Å². The molecule has 0 saturated heterocycles. The van der Waals surface area contributed by atoms with Crippen molar-refractivity contribution in [3.8, 4) is 5.75 Å². The van der Waals surface area contributed by atoms with Crippen LogP contribution in [0.25, 0.3) is 0 Å². The Labute approximate surface area is 119 Å². The fourth-order valence-corrected chi connectivity index (χ4v) is 3.76. The van der Waals surface area contributed by atoms with Crippen molar-refractivity contribution in [2.45, 2.75) is 30.7 Å². The zero-order chi connectivity index (χ0) is 13.6. The van der Waals surface area contributed by atoms with Crippen LogP contribution in [-0.4, -0.2) is 12.1 Å². The van der Waals surface area contributed by atoms with Gasteiger partial charge in [-0.2, -0.15) is 0 Å². The molecule has 20 heavy (non-hydrogen) atoms. The first-order valence-electron chi connectivity index (χ1n) is 7.31. The molecular formula is C18H19NO. The van der Waals surface area contributed by atoms with Gasteiger partial charge in [0, 0.05) is 17.0 Å². The van der Waals surface area contributed by atoms with E-state index in [0.29, 0.717) is 5.92 Å². The highest BCUT2D eigenvalue weighted by Crippen LogP contribution is 2.41. The molecule has 1 aliphatic carbocycles. The van der Waals surface area contributed by atoms with E-state index in [4.69, 9.17) is 10.5 Å². The highest BCUT2D eigenvalue weighted by atomic mass is 16.5. The van der Waals surface area contributed by atoms with Crippen LogP contribution in [0.15, 0.2) is 48.5 Å². The van der Waals surface area contributed by atoms with Crippen LogP contribution in [-0.2, 0) is 12.8 Å². The lowest BCUT2D eigenvalue weighted by atomic mass is 9.83. The van der Waals surface area contributed by atoms with E-state index in [1.54, 1.807) is 0 Å². The molecule has 2 aliphatic rings. The van der Waals surface area contributed by atoms with Crippen molar-refractivity contribution in [3.05, 3.63) is 65.2 Å². The van der Waals surface area contributed by atoms with E-state index in [2.05, 4.69) is 42.5 Å². The molecule has 2 aromatic carbocycles. The lowest BCUT2D eigenvalue weighted by Crippen LogP contribution is -2.42. The summed E-state index contributed by atoms with van der Waals surface area (Å²) in [5.74, 6) is 1.47. The van der Waals surface area contributed by atoms with E-state index in [0.717, 1.165) is 31.6 Å². The highest BCUT2D eigenvalue weighted by molar-refractivity contribution is 5.41. The lowest BCUT2D eigenvalue weighted by molar-refractivity contribution is 0.291. The summed E-state index contributed by atoms with van der Waals surface area (Å²) in [7, 11) is 0. The first kappa shape index (κ1) is 12.0. The number of rotatable bonds is 2. The zero-order valence-corrected chi connectivity index (χ0v) is 11.5. The monoisotopic (exact) mass is 265 g/mol. The third-order valence-corrected chi connectivity index (χ3v) is 4.66. The molecule has 1 aliphatic heterocycles. The number of nitrogens with two attached hydrogens (primary N) is 1. The number of fused-ring (bicyclic) bond motifs is 2. The standard InChI is InChI=1S/C18H19NO/c19-18(9-13-5-1-2-6-14(13)10-18)11-15-12-20-17-8-4-3-7-16(15)17/h1-8,15H,9-12,19H2. The van der Waals surface area contributed by atoms with Crippen molar-refractivity contribution >= 4 is 0 Å². The fourth-order valence-electron chi connectivity index (χ4n) is 3.76. The minimum atomic E-state index is -0.116. The molecule has 0 amide bonds. The molecule has 0 fully saturated rings. The van der Waals surface area contributed by atoms with Crippen molar-refractivity contribution in [3.63, 3.8) is 0 Å². The fraction of sp³-hybridized carbons (Fsp3) is 0.333. The largest absolute Gasteiger partial charge is 0.493 e. The van der Waals surface area contributed by atoms with Crippen molar-refractivity contribution < 1.29 is 4.74 Å². The lowest BCUT2D eigenvalue weighted by Gasteiger charge is -2.26. The van der Waals surface area contributed by atoms with Gasteiger partial charge in [0.25, 0.3) is 0 Å². The first-order valence-corrected chi connectivity index (χ1v) is 7.31. The number of para-hydroxylation sites is 1. The molecule has 0 radical (unpaired) electrons. The van der Waals surface area contributed by atoms with Gasteiger partial charge in [0.2, 0.25) is 0 Å². The van der Waals surface area contributed by atoms with Crippen LogP contribution in [0.4, 0.5) is 0 Å². The summed E-state index contributed by atoms with van der Waals surface area (Å²) in [4.78, 5) is 0. The Balaban J connectivity index is 1.57. The predicted octanol–water partition coefficient (Wildman–Crippen LogP) is 3.05. The van der Waals surface area contributed by atoms with Crippen molar-refractivity contribution in [2.24, 2.45) is 5.73 Å². The quantitative estimate of drug-likeness (QED) is 0.905. The average Bonchev–Trinajstić information content (AvgIpc) is 2.99. The van der Waals surface area contributed by atoms with Gasteiger partial charge in [-0.1, -0.05) is 42.5 Å². The van der Waals surface area contributed by atoms with Gasteiger partial charge in [-0.15, -0.1) is 0 Å². The second-order valence-electron chi connectivity index (χ2n) is 6.23. The minimum Gasteiger partial charge on any atom is -0.493 e. The van der Waals surface area contributed by atoms with Crippen LogP contribution in [0.2, 0.25) is 0 Å². The van der Waals surface area contributed by atoms with Gasteiger partial charge in [-0.3, -0.25) is 0 Å². The van der Waals surface area contributed by atoms with E-state index < -0.39 is 0 Å². The molecule has 2 heteroatoms. The Morgan fingerprint density at radius 3 is 2.40 bits per heavy atom. The Morgan fingerprint density at radius 2 is 1.65 bits per heavy atom. The Bertz CT molecular complexity index is 624. The maximum Gasteiger partial charge on any atom is 0.122 e. The molecule has 102 valence electrons. The molecule has 1 heterocycles. The average molecular weight is 265 g/mol. The van der Waals surface area contributed by atoms with Crippen LogP contribution >= 0.6 is 0 Å².